The first-order chi connectivity index (χ1) is 9.49. The van der Waals surface area contributed by atoms with Crippen molar-refractivity contribution in [2.24, 2.45) is 0 Å². The molecule has 1 aromatic carbocycles. The van der Waals surface area contributed by atoms with Crippen molar-refractivity contribution in [1.29, 1.82) is 0 Å². The summed E-state index contributed by atoms with van der Waals surface area (Å²) in [6.45, 7) is 2.00. The number of nitrogens with one attached hydrogen (secondary N) is 1. The summed E-state index contributed by atoms with van der Waals surface area (Å²) < 4.78 is 44.3. The van der Waals surface area contributed by atoms with Gasteiger partial charge in [-0.2, -0.15) is 15.0 Å². The molecule has 2 aromatic rings. The Hall–Kier alpha value is -2.09. The number of hydrogen-bond acceptors (Lipinski definition) is 5. The zero-order valence-corrected chi connectivity index (χ0v) is 10.9. The van der Waals surface area contributed by atoms with Gasteiger partial charge in [0.15, 0.2) is 11.6 Å². The molecule has 0 spiro atoms. The molecule has 0 saturated heterocycles. The second-order valence-electron chi connectivity index (χ2n) is 3.51. The van der Waals surface area contributed by atoms with Crippen molar-refractivity contribution >= 4 is 23.2 Å². The van der Waals surface area contributed by atoms with Crippen molar-refractivity contribution in [3.05, 3.63) is 34.9 Å². The lowest BCUT2D eigenvalue weighted by Crippen LogP contribution is -2.05. The van der Waals surface area contributed by atoms with Crippen molar-refractivity contribution in [2.45, 2.75) is 6.92 Å². The van der Waals surface area contributed by atoms with Crippen LogP contribution in [0.25, 0.3) is 0 Å². The van der Waals surface area contributed by atoms with Crippen LogP contribution in [0.2, 0.25) is 5.28 Å². The molecule has 0 aliphatic carbocycles. The summed E-state index contributed by atoms with van der Waals surface area (Å²) in [6.07, 6.45) is 0. The molecule has 0 radical (unpaired) electrons. The summed E-state index contributed by atoms with van der Waals surface area (Å²) in [6, 6.07) is 0.977. The summed E-state index contributed by atoms with van der Waals surface area (Å²) in [5.74, 6) is -3.66. The van der Waals surface area contributed by atoms with Gasteiger partial charge in [0.1, 0.15) is 5.82 Å². The van der Waals surface area contributed by atoms with Crippen LogP contribution in [0.1, 0.15) is 6.92 Å². The van der Waals surface area contributed by atoms with E-state index in [4.69, 9.17) is 16.3 Å². The van der Waals surface area contributed by atoms with Crippen LogP contribution in [0.3, 0.4) is 0 Å². The Morgan fingerprint density at radius 2 is 1.80 bits per heavy atom. The van der Waals surface area contributed by atoms with Crippen molar-refractivity contribution in [3.8, 4) is 6.01 Å². The summed E-state index contributed by atoms with van der Waals surface area (Å²) in [5.41, 5.74) is -0.339. The third-order valence-electron chi connectivity index (χ3n) is 2.12. The van der Waals surface area contributed by atoms with E-state index >= 15 is 0 Å². The summed E-state index contributed by atoms with van der Waals surface area (Å²) in [7, 11) is 0. The predicted octanol–water partition coefficient (Wildman–Crippen LogP) is 3.08. The van der Waals surface area contributed by atoms with Gasteiger partial charge in [-0.3, -0.25) is 0 Å². The Labute approximate surface area is 116 Å². The molecule has 1 heterocycles. The SMILES string of the molecule is CCOc1nc(Cl)nc(Nc2cc(F)c(F)cc2F)n1. The van der Waals surface area contributed by atoms with Gasteiger partial charge in [-0.05, 0) is 18.5 Å². The average molecular weight is 305 g/mol. The molecule has 0 bridgehead atoms. The van der Waals surface area contributed by atoms with Gasteiger partial charge >= 0.3 is 6.01 Å². The van der Waals surface area contributed by atoms with E-state index in [9.17, 15) is 13.2 Å². The Balaban J connectivity index is 2.32. The summed E-state index contributed by atoms with van der Waals surface area (Å²) >= 11 is 5.64. The quantitative estimate of drug-likeness (QED) is 0.880. The van der Waals surface area contributed by atoms with Gasteiger partial charge in [-0.25, -0.2) is 13.2 Å². The van der Waals surface area contributed by atoms with Crippen molar-refractivity contribution < 1.29 is 17.9 Å². The Morgan fingerprint density at radius 3 is 2.50 bits per heavy atom. The van der Waals surface area contributed by atoms with E-state index in [0.717, 1.165) is 0 Å². The first-order valence-electron chi connectivity index (χ1n) is 5.45. The maximum atomic E-state index is 13.5. The van der Waals surface area contributed by atoms with E-state index in [1.165, 1.54) is 0 Å². The third kappa shape index (κ3) is 3.27. The smallest absolute Gasteiger partial charge is 0.322 e. The van der Waals surface area contributed by atoms with Gasteiger partial charge in [0.05, 0.1) is 12.3 Å². The number of anilines is 2. The minimum atomic E-state index is -1.29. The molecule has 106 valence electrons. The van der Waals surface area contributed by atoms with E-state index in [1.807, 2.05) is 0 Å². The van der Waals surface area contributed by atoms with Crippen LogP contribution >= 0.6 is 11.6 Å². The lowest BCUT2D eigenvalue weighted by Gasteiger charge is -2.08. The van der Waals surface area contributed by atoms with Crippen LogP contribution in [0.15, 0.2) is 12.1 Å². The topological polar surface area (TPSA) is 59.9 Å². The van der Waals surface area contributed by atoms with Gasteiger partial charge in [-0.15, -0.1) is 0 Å². The molecule has 5 nitrogen and oxygen atoms in total. The van der Waals surface area contributed by atoms with Gasteiger partial charge in [0, 0.05) is 12.1 Å². The van der Waals surface area contributed by atoms with Crippen LogP contribution < -0.4 is 10.1 Å². The Bertz CT molecular complexity index is 641. The lowest BCUT2D eigenvalue weighted by molar-refractivity contribution is 0.312. The van der Waals surface area contributed by atoms with E-state index in [-0.39, 0.29) is 22.9 Å². The summed E-state index contributed by atoms with van der Waals surface area (Å²) in [5, 5.41) is 2.19. The second kappa shape index (κ2) is 5.91. The molecule has 0 fully saturated rings. The highest BCUT2D eigenvalue weighted by Crippen LogP contribution is 2.22. The zero-order valence-electron chi connectivity index (χ0n) is 10.1. The number of nitrogens with zero attached hydrogens (tertiary/aromatic N) is 3. The van der Waals surface area contributed by atoms with Gasteiger partial charge < -0.3 is 10.1 Å². The Kier molecular flexibility index (Phi) is 4.23. The average Bonchev–Trinajstić information content (AvgIpc) is 2.35. The van der Waals surface area contributed by atoms with E-state index in [1.54, 1.807) is 6.92 Å². The standard InChI is InChI=1S/C11H8ClF3N4O/c1-2-20-11-18-9(12)17-10(19-11)16-8-4-6(14)5(13)3-7(8)15/h3-4H,2H2,1H3,(H,16,17,18,19). The van der Waals surface area contributed by atoms with Crippen molar-refractivity contribution in [2.75, 3.05) is 11.9 Å². The molecule has 9 heteroatoms. The molecule has 1 aromatic heterocycles. The van der Waals surface area contributed by atoms with Gasteiger partial charge in [-0.1, -0.05) is 0 Å². The first kappa shape index (κ1) is 14.3. The second-order valence-corrected chi connectivity index (χ2v) is 3.85. The highest BCUT2D eigenvalue weighted by atomic mass is 35.5. The van der Waals surface area contributed by atoms with Crippen LogP contribution in [0.5, 0.6) is 6.01 Å². The predicted molar refractivity (Wildman–Crippen MR) is 65.6 cm³/mol. The molecule has 0 aliphatic rings. The Morgan fingerprint density at radius 1 is 1.10 bits per heavy atom. The number of hydrogen-bond donors (Lipinski definition) is 1. The fraction of sp³-hybridized carbons (Fsp3) is 0.182. The van der Waals surface area contributed by atoms with Crippen molar-refractivity contribution in [1.82, 2.24) is 15.0 Å². The maximum Gasteiger partial charge on any atom is 0.322 e. The molecule has 1 N–H and O–H groups in total. The monoisotopic (exact) mass is 304 g/mol. The third-order valence-corrected chi connectivity index (χ3v) is 2.29. The number of aromatic nitrogens is 3. The van der Waals surface area contributed by atoms with Gasteiger partial charge in [0.2, 0.25) is 11.2 Å². The number of halogens is 4. The molecular formula is C11H8ClF3N4O. The number of ether oxygens (including phenoxy) is 1. The molecule has 0 aliphatic heterocycles. The zero-order chi connectivity index (χ0) is 14.7. The maximum absolute atomic E-state index is 13.5. The first-order valence-corrected chi connectivity index (χ1v) is 5.83. The van der Waals surface area contributed by atoms with Crippen LogP contribution in [-0.2, 0) is 0 Å². The molecule has 2 rings (SSSR count). The molecule has 20 heavy (non-hydrogen) atoms. The molecule has 0 unspecified atom stereocenters. The van der Waals surface area contributed by atoms with Gasteiger partial charge in [0.25, 0.3) is 0 Å². The minimum absolute atomic E-state index is 0.0713. The highest BCUT2D eigenvalue weighted by Gasteiger charge is 2.12. The summed E-state index contributed by atoms with van der Waals surface area (Å²) in [4.78, 5) is 11.1. The van der Waals surface area contributed by atoms with E-state index in [2.05, 4.69) is 20.3 Å². The van der Waals surface area contributed by atoms with Crippen LogP contribution in [0, 0.1) is 17.5 Å². The van der Waals surface area contributed by atoms with E-state index in [0.29, 0.717) is 18.7 Å². The molecule has 0 atom stereocenters. The molecular weight excluding hydrogens is 297 g/mol. The normalized spacial score (nSPS) is 10.4. The fourth-order valence-corrected chi connectivity index (χ4v) is 1.47. The largest absolute Gasteiger partial charge is 0.464 e. The van der Waals surface area contributed by atoms with E-state index < -0.39 is 17.5 Å². The fourth-order valence-electron chi connectivity index (χ4n) is 1.32. The molecule has 0 amide bonds. The molecule has 0 saturated carbocycles. The minimum Gasteiger partial charge on any atom is -0.464 e. The van der Waals surface area contributed by atoms with Crippen LogP contribution in [-0.4, -0.2) is 21.6 Å². The number of benzene rings is 1. The highest BCUT2D eigenvalue weighted by molar-refractivity contribution is 6.28. The lowest BCUT2D eigenvalue weighted by atomic mass is 10.3. The van der Waals surface area contributed by atoms with Crippen molar-refractivity contribution in [3.63, 3.8) is 0 Å². The number of rotatable bonds is 4. The van der Waals surface area contributed by atoms with Crippen LogP contribution in [0.4, 0.5) is 24.8 Å².